The van der Waals surface area contributed by atoms with E-state index in [1.165, 1.54) is 38.5 Å². The summed E-state index contributed by atoms with van der Waals surface area (Å²) >= 11 is 0. The van der Waals surface area contributed by atoms with Gasteiger partial charge in [0.15, 0.2) is 11.5 Å². The molecule has 2 aromatic rings. The van der Waals surface area contributed by atoms with Crippen molar-refractivity contribution in [2.75, 3.05) is 19.5 Å². The van der Waals surface area contributed by atoms with E-state index in [1.54, 1.807) is 30.3 Å². The first-order valence-electron chi connectivity index (χ1n) is 7.28. The van der Waals surface area contributed by atoms with Crippen molar-refractivity contribution < 1.29 is 27.8 Å². The van der Waals surface area contributed by atoms with Gasteiger partial charge in [-0.2, -0.15) is 8.78 Å². The van der Waals surface area contributed by atoms with Gasteiger partial charge in [-0.05, 0) is 24.3 Å². The van der Waals surface area contributed by atoms with Gasteiger partial charge in [0.25, 0.3) is 0 Å². The third-order valence-corrected chi connectivity index (χ3v) is 3.19. The lowest BCUT2D eigenvalue weighted by molar-refractivity contribution is -0.111. The maximum atomic E-state index is 12.6. The summed E-state index contributed by atoms with van der Waals surface area (Å²) in [5.41, 5.74) is 0.837. The molecular formula is C18H17F2NO4. The van der Waals surface area contributed by atoms with Crippen molar-refractivity contribution in [1.82, 2.24) is 0 Å². The highest BCUT2D eigenvalue weighted by Crippen LogP contribution is 2.33. The lowest BCUT2D eigenvalue weighted by Gasteiger charge is -2.12. The third kappa shape index (κ3) is 5.20. The minimum absolute atomic E-state index is 0.134. The van der Waals surface area contributed by atoms with E-state index in [0.717, 1.165) is 0 Å². The number of halogens is 2. The Hall–Kier alpha value is -3.09. The van der Waals surface area contributed by atoms with Crippen molar-refractivity contribution in [3.05, 3.63) is 54.1 Å². The quantitative estimate of drug-likeness (QED) is 0.769. The third-order valence-electron chi connectivity index (χ3n) is 3.19. The van der Waals surface area contributed by atoms with E-state index in [4.69, 9.17) is 9.47 Å². The van der Waals surface area contributed by atoms with Crippen LogP contribution in [0, 0.1) is 0 Å². The highest BCUT2D eigenvalue weighted by Gasteiger charge is 2.14. The molecule has 0 fully saturated rings. The highest BCUT2D eigenvalue weighted by atomic mass is 19.3. The summed E-state index contributed by atoms with van der Waals surface area (Å²) in [4.78, 5) is 12.0. The van der Waals surface area contributed by atoms with Gasteiger partial charge >= 0.3 is 6.61 Å². The van der Waals surface area contributed by atoms with Crippen LogP contribution < -0.4 is 19.5 Å². The van der Waals surface area contributed by atoms with E-state index in [9.17, 15) is 13.6 Å². The van der Waals surface area contributed by atoms with Crippen molar-refractivity contribution in [1.29, 1.82) is 0 Å². The standard InChI is InChI=1S/C18H17F2NO4/c1-23-14-7-4-6-13(11-14)21-16(22)10-9-12-5-3-8-15(24-2)17(12)25-18(19)20/h3-11,18H,1-2H3,(H,21,22)/b10-9+. The van der Waals surface area contributed by atoms with Crippen molar-refractivity contribution in [3.8, 4) is 17.2 Å². The number of carbonyl (C=O) groups is 1. The van der Waals surface area contributed by atoms with Gasteiger partial charge in [0.1, 0.15) is 5.75 Å². The molecule has 2 aromatic carbocycles. The summed E-state index contributed by atoms with van der Waals surface area (Å²) in [6, 6.07) is 11.5. The molecule has 0 spiro atoms. The molecule has 0 atom stereocenters. The van der Waals surface area contributed by atoms with Gasteiger partial charge in [0.2, 0.25) is 5.91 Å². The molecule has 0 aliphatic heterocycles. The van der Waals surface area contributed by atoms with Gasteiger partial charge in [-0.3, -0.25) is 4.79 Å². The Labute approximate surface area is 143 Å². The van der Waals surface area contributed by atoms with E-state index in [1.807, 2.05) is 0 Å². The smallest absolute Gasteiger partial charge is 0.387 e. The van der Waals surface area contributed by atoms with E-state index >= 15 is 0 Å². The maximum absolute atomic E-state index is 12.6. The second-order valence-corrected chi connectivity index (χ2v) is 4.81. The molecule has 25 heavy (non-hydrogen) atoms. The predicted octanol–water partition coefficient (Wildman–Crippen LogP) is 3.96. The molecule has 0 aliphatic carbocycles. The van der Waals surface area contributed by atoms with Crippen LogP contribution in [0.25, 0.3) is 6.08 Å². The molecule has 0 unspecified atom stereocenters. The number of rotatable bonds is 7. The van der Waals surface area contributed by atoms with Crippen LogP contribution >= 0.6 is 0 Å². The molecule has 0 saturated carbocycles. The summed E-state index contributed by atoms with van der Waals surface area (Å²) in [6.07, 6.45) is 2.59. The van der Waals surface area contributed by atoms with Crippen molar-refractivity contribution >= 4 is 17.7 Å². The SMILES string of the molecule is COc1cccc(NC(=O)/C=C/c2cccc(OC)c2OC(F)F)c1. The maximum Gasteiger partial charge on any atom is 0.387 e. The first-order valence-corrected chi connectivity index (χ1v) is 7.28. The Morgan fingerprint density at radius 3 is 2.56 bits per heavy atom. The fourth-order valence-corrected chi connectivity index (χ4v) is 2.09. The summed E-state index contributed by atoms with van der Waals surface area (Å²) in [6.45, 7) is -3.01. The Balaban J connectivity index is 2.16. The lowest BCUT2D eigenvalue weighted by atomic mass is 10.1. The Morgan fingerprint density at radius 2 is 1.88 bits per heavy atom. The first kappa shape index (κ1) is 18.3. The van der Waals surface area contributed by atoms with Gasteiger partial charge < -0.3 is 19.5 Å². The fourth-order valence-electron chi connectivity index (χ4n) is 2.09. The number of amides is 1. The number of carbonyl (C=O) groups excluding carboxylic acids is 1. The fraction of sp³-hybridized carbons (Fsp3) is 0.167. The second-order valence-electron chi connectivity index (χ2n) is 4.81. The second kappa shape index (κ2) is 8.68. The number of hydrogen-bond acceptors (Lipinski definition) is 4. The largest absolute Gasteiger partial charge is 0.497 e. The van der Waals surface area contributed by atoms with Crippen LogP contribution in [0.1, 0.15) is 5.56 Å². The normalized spacial score (nSPS) is 10.8. The molecule has 1 N–H and O–H groups in total. The zero-order chi connectivity index (χ0) is 18.2. The average molecular weight is 349 g/mol. The summed E-state index contributed by atoms with van der Waals surface area (Å²) < 4.78 is 39.7. The molecule has 132 valence electrons. The number of methoxy groups -OCH3 is 2. The topological polar surface area (TPSA) is 56.8 Å². The molecule has 0 bridgehead atoms. The van der Waals surface area contributed by atoms with Gasteiger partial charge in [-0.15, -0.1) is 0 Å². The molecule has 0 radical (unpaired) electrons. The molecule has 2 rings (SSSR count). The number of ether oxygens (including phenoxy) is 3. The van der Waals surface area contributed by atoms with Crippen LogP contribution in [-0.4, -0.2) is 26.7 Å². The minimum Gasteiger partial charge on any atom is -0.497 e. The van der Waals surface area contributed by atoms with Gasteiger partial charge in [0.05, 0.1) is 14.2 Å². The van der Waals surface area contributed by atoms with E-state index < -0.39 is 12.5 Å². The summed E-state index contributed by atoms with van der Waals surface area (Å²) in [7, 11) is 2.87. The number of alkyl halides is 2. The van der Waals surface area contributed by atoms with Crippen molar-refractivity contribution in [2.24, 2.45) is 0 Å². The molecule has 0 heterocycles. The lowest BCUT2D eigenvalue weighted by Crippen LogP contribution is -2.08. The predicted molar refractivity (Wildman–Crippen MR) is 90.3 cm³/mol. The van der Waals surface area contributed by atoms with Gasteiger partial charge in [-0.25, -0.2) is 0 Å². The molecular weight excluding hydrogens is 332 g/mol. The van der Waals surface area contributed by atoms with E-state index in [2.05, 4.69) is 10.1 Å². The summed E-state index contributed by atoms with van der Waals surface area (Å²) in [5, 5.41) is 2.65. The Bertz CT molecular complexity index is 762. The van der Waals surface area contributed by atoms with Crippen LogP contribution in [0.5, 0.6) is 17.2 Å². The monoisotopic (exact) mass is 349 g/mol. The first-order chi connectivity index (χ1) is 12.0. The number of benzene rings is 2. The molecule has 0 saturated heterocycles. The zero-order valence-corrected chi connectivity index (χ0v) is 13.7. The molecule has 0 aliphatic rings. The zero-order valence-electron chi connectivity index (χ0n) is 13.7. The van der Waals surface area contributed by atoms with E-state index in [0.29, 0.717) is 17.0 Å². The van der Waals surface area contributed by atoms with Crippen LogP contribution in [0.15, 0.2) is 48.5 Å². The molecule has 1 amide bonds. The molecule has 0 aromatic heterocycles. The summed E-state index contributed by atoms with van der Waals surface area (Å²) in [5.74, 6) is 0.183. The Kier molecular flexibility index (Phi) is 6.33. The van der Waals surface area contributed by atoms with Crippen molar-refractivity contribution in [3.63, 3.8) is 0 Å². The average Bonchev–Trinajstić information content (AvgIpc) is 2.60. The number of hydrogen-bond donors (Lipinski definition) is 1. The number of para-hydroxylation sites is 1. The molecule has 7 heteroatoms. The van der Waals surface area contributed by atoms with E-state index in [-0.39, 0.29) is 11.5 Å². The molecule has 5 nitrogen and oxygen atoms in total. The van der Waals surface area contributed by atoms with Gasteiger partial charge in [-0.1, -0.05) is 18.2 Å². The minimum atomic E-state index is -3.01. The van der Waals surface area contributed by atoms with Crippen LogP contribution in [0.2, 0.25) is 0 Å². The Morgan fingerprint density at radius 1 is 1.12 bits per heavy atom. The van der Waals surface area contributed by atoms with Crippen LogP contribution in [0.3, 0.4) is 0 Å². The van der Waals surface area contributed by atoms with Crippen LogP contribution in [0.4, 0.5) is 14.5 Å². The number of anilines is 1. The van der Waals surface area contributed by atoms with Crippen molar-refractivity contribution in [2.45, 2.75) is 6.61 Å². The number of nitrogens with one attached hydrogen (secondary N) is 1. The van der Waals surface area contributed by atoms with Gasteiger partial charge in [0, 0.05) is 23.4 Å². The highest BCUT2D eigenvalue weighted by molar-refractivity contribution is 6.02. The van der Waals surface area contributed by atoms with Crippen LogP contribution in [-0.2, 0) is 4.79 Å².